The quantitative estimate of drug-likeness (QED) is 0.487. The molecule has 0 bridgehead atoms. The molecule has 8 heteroatoms. The van der Waals surface area contributed by atoms with Crippen LogP contribution in [0.2, 0.25) is 0 Å². The van der Waals surface area contributed by atoms with Crippen molar-refractivity contribution in [2.75, 3.05) is 6.54 Å². The Balaban J connectivity index is 1.77. The van der Waals surface area contributed by atoms with Gasteiger partial charge in [-0.3, -0.25) is 4.98 Å². The fourth-order valence-electron chi connectivity index (χ4n) is 3.16. The van der Waals surface area contributed by atoms with Crippen LogP contribution in [-0.4, -0.2) is 27.3 Å². The SMILES string of the molecule is Fc1ccc(-c2nn3cc(CNCC(F)(F)F)ccc3c2-c2ccncc2)cc1. The zero-order chi connectivity index (χ0) is 20.4. The molecule has 1 aromatic carbocycles. The monoisotopic (exact) mass is 400 g/mol. The Labute approximate surface area is 163 Å². The average Bonchev–Trinajstić information content (AvgIpc) is 3.07. The van der Waals surface area contributed by atoms with Gasteiger partial charge in [0.1, 0.15) is 11.5 Å². The van der Waals surface area contributed by atoms with Gasteiger partial charge in [-0.25, -0.2) is 8.91 Å². The van der Waals surface area contributed by atoms with E-state index in [1.54, 1.807) is 41.3 Å². The lowest BCUT2D eigenvalue weighted by Gasteiger charge is -2.08. The molecule has 0 unspecified atom stereocenters. The van der Waals surface area contributed by atoms with Gasteiger partial charge in [0.05, 0.1) is 12.1 Å². The molecule has 0 spiro atoms. The first-order chi connectivity index (χ1) is 13.9. The molecule has 0 aliphatic heterocycles. The van der Waals surface area contributed by atoms with E-state index in [9.17, 15) is 17.6 Å². The largest absolute Gasteiger partial charge is 0.401 e. The van der Waals surface area contributed by atoms with Gasteiger partial charge in [0.2, 0.25) is 0 Å². The third-order valence-corrected chi connectivity index (χ3v) is 4.43. The van der Waals surface area contributed by atoms with Gasteiger partial charge >= 0.3 is 6.18 Å². The molecule has 0 saturated carbocycles. The first-order valence-corrected chi connectivity index (χ1v) is 8.86. The number of benzene rings is 1. The second kappa shape index (κ2) is 7.63. The van der Waals surface area contributed by atoms with Crippen LogP contribution in [0.1, 0.15) is 5.56 Å². The van der Waals surface area contributed by atoms with E-state index in [1.165, 1.54) is 12.1 Å². The van der Waals surface area contributed by atoms with Crippen LogP contribution in [-0.2, 0) is 6.54 Å². The van der Waals surface area contributed by atoms with Gasteiger partial charge in [-0.2, -0.15) is 18.3 Å². The number of pyridine rings is 2. The molecule has 4 nitrogen and oxygen atoms in total. The first kappa shape index (κ1) is 19.1. The highest BCUT2D eigenvalue weighted by atomic mass is 19.4. The summed E-state index contributed by atoms with van der Waals surface area (Å²) in [5.74, 6) is -0.346. The third kappa shape index (κ3) is 4.27. The second-order valence-corrected chi connectivity index (χ2v) is 6.55. The number of nitrogens with one attached hydrogen (secondary N) is 1. The van der Waals surface area contributed by atoms with Crippen molar-refractivity contribution in [1.29, 1.82) is 0 Å². The lowest BCUT2D eigenvalue weighted by molar-refractivity contribution is -0.125. The fraction of sp³-hybridized carbons (Fsp3) is 0.143. The molecule has 0 fully saturated rings. The van der Waals surface area contributed by atoms with Gasteiger partial charge in [0.15, 0.2) is 0 Å². The summed E-state index contributed by atoms with van der Waals surface area (Å²) < 4.78 is 52.1. The zero-order valence-corrected chi connectivity index (χ0v) is 15.1. The Bertz CT molecular complexity index is 1120. The van der Waals surface area contributed by atoms with Crippen LogP contribution in [0.5, 0.6) is 0 Å². The van der Waals surface area contributed by atoms with Crippen molar-refractivity contribution in [3.63, 3.8) is 0 Å². The van der Waals surface area contributed by atoms with Crippen LogP contribution in [0.25, 0.3) is 27.9 Å². The Kier molecular flexibility index (Phi) is 5.02. The molecule has 3 aromatic heterocycles. The zero-order valence-electron chi connectivity index (χ0n) is 15.1. The third-order valence-electron chi connectivity index (χ3n) is 4.43. The van der Waals surface area contributed by atoms with Crippen LogP contribution in [0.4, 0.5) is 17.6 Å². The normalized spacial score (nSPS) is 11.9. The van der Waals surface area contributed by atoms with E-state index in [0.29, 0.717) is 11.3 Å². The molecular weight excluding hydrogens is 384 g/mol. The maximum atomic E-state index is 13.4. The van der Waals surface area contributed by atoms with E-state index in [4.69, 9.17) is 0 Å². The van der Waals surface area contributed by atoms with Crippen molar-refractivity contribution < 1.29 is 17.6 Å². The summed E-state index contributed by atoms with van der Waals surface area (Å²) in [6.45, 7) is -1.00. The minimum atomic E-state index is -4.26. The van der Waals surface area contributed by atoms with Gasteiger partial charge in [-0.1, -0.05) is 6.07 Å². The van der Waals surface area contributed by atoms with E-state index >= 15 is 0 Å². The summed E-state index contributed by atoms with van der Waals surface area (Å²) in [6, 6.07) is 13.3. The van der Waals surface area contributed by atoms with E-state index in [0.717, 1.165) is 22.2 Å². The van der Waals surface area contributed by atoms with Gasteiger partial charge in [0.25, 0.3) is 0 Å². The summed E-state index contributed by atoms with van der Waals surface area (Å²) in [6.07, 6.45) is 0.766. The number of fused-ring (bicyclic) bond motifs is 1. The number of hydrogen-bond donors (Lipinski definition) is 1. The lowest BCUT2D eigenvalue weighted by atomic mass is 10.0. The highest BCUT2D eigenvalue weighted by Gasteiger charge is 2.26. The number of halogens is 4. The van der Waals surface area contributed by atoms with Crippen molar-refractivity contribution in [3.05, 3.63) is 78.5 Å². The van der Waals surface area contributed by atoms with E-state index in [1.807, 2.05) is 18.2 Å². The van der Waals surface area contributed by atoms with Crippen molar-refractivity contribution in [2.24, 2.45) is 0 Å². The van der Waals surface area contributed by atoms with Gasteiger partial charge < -0.3 is 5.32 Å². The second-order valence-electron chi connectivity index (χ2n) is 6.55. The maximum Gasteiger partial charge on any atom is 0.401 e. The van der Waals surface area contributed by atoms with Crippen molar-refractivity contribution >= 4 is 5.52 Å². The van der Waals surface area contributed by atoms with Crippen LogP contribution < -0.4 is 5.32 Å². The number of nitrogens with zero attached hydrogens (tertiary/aromatic N) is 3. The Morgan fingerprint density at radius 2 is 1.62 bits per heavy atom. The number of rotatable bonds is 5. The van der Waals surface area contributed by atoms with Gasteiger partial charge in [-0.05, 0) is 53.6 Å². The standard InChI is InChI=1S/C21H16F4N4/c22-17-4-2-16(3-5-17)20-19(15-7-9-26-10-8-15)18-6-1-14(12-29(18)28-20)11-27-13-21(23,24)25/h1-10,12,27H,11,13H2. The topological polar surface area (TPSA) is 42.2 Å². The predicted octanol–water partition coefficient (Wildman–Crippen LogP) is 4.85. The molecule has 148 valence electrons. The van der Waals surface area contributed by atoms with Crippen molar-refractivity contribution in [3.8, 4) is 22.4 Å². The highest BCUT2D eigenvalue weighted by molar-refractivity contribution is 5.92. The number of alkyl halides is 3. The molecule has 0 atom stereocenters. The minimum absolute atomic E-state index is 0.0613. The number of aromatic nitrogens is 3. The molecule has 0 radical (unpaired) electrons. The van der Waals surface area contributed by atoms with Gasteiger partial charge in [0, 0.05) is 36.3 Å². The van der Waals surface area contributed by atoms with Crippen LogP contribution in [0.3, 0.4) is 0 Å². The maximum absolute atomic E-state index is 13.4. The summed E-state index contributed by atoms with van der Waals surface area (Å²) in [5, 5.41) is 7.01. The predicted molar refractivity (Wildman–Crippen MR) is 102 cm³/mol. The molecule has 1 N–H and O–H groups in total. The molecule has 3 heterocycles. The van der Waals surface area contributed by atoms with Crippen molar-refractivity contribution in [1.82, 2.24) is 19.9 Å². The Morgan fingerprint density at radius 1 is 0.897 bits per heavy atom. The highest BCUT2D eigenvalue weighted by Crippen LogP contribution is 2.35. The van der Waals surface area contributed by atoms with Gasteiger partial charge in [-0.15, -0.1) is 0 Å². The molecule has 0 aliphatic rings. The van der Waals surface area contributed by atoms with Crippen LogP contribution in [0, 0.1) is 5.82 Å². The lowest BCUT2D eigenvalue weighted by Crippen LogP contribution is -2.28. The summed E-state index contributed by atoms with van der Waals surface area (Å²) in [4.78, 5) is 4.04. The molecular formula is C21H16F4N4. The molecule has 0 aliphatic carbocycles. The molecule has 4 rings (SSSR count). The van der Waals surface area contributed by atoms with E-state index in [2.05, 4.69) is 15.4 Å². The summed E-state index contributed by atoms with van der Waals surface area (Å²) in [7, 11) is 0. The average molecular weight is 400 g/mol. The Hall–Kier alpha value is -3.26. The molecule has 0 saturated heterocycles. The summed E-state index contributed by atoms with van der Waals surface area (Å²) >= 11 is 0. The Morgan fingerprint density at radius 3 is 2.31 bits per heavy atom. The molecule has 4 aromatic rings. The molecule has 29 heavy (non-hydrogen) atoms. The van der Waals surface area contributed by atoms with Crippen molar-refractivity contribution in [2.45, 2.75) is 12.7 Å². The van der Waals surface area contributed by atoms with E-state index in [-0.39, 0.29) is 12.4 Å². The summed E-state index contributed by atoms with van der Waals surface area (Å²) in [5.41, 5.74) is 4.56. The number of hydrogen-bond acceptors (Lipinski definition) is 3. The minimum Gasteiger partial charge on any atom is -0.305 e. The van der Waals surface area contributed by atoms with Crippen LogP contribution >= 0.6 is 0 Å². The first-order valence-electron chi connectivity index (χ1n) is 8.86. The smallest absolute Gasteiger partial charge is 0.305 e. The van der Waals surface area contributed by atoms with Crippen LogP contribution in [0.15, 0.2) is 67.1 Å². The fourth-order valence-corrected chi connectivity index (χ4v) is 3.16. The molecule has 0 amide bonds. The van der Waals surface area contributed by atoms with E-state index < -0.39 is 12.7 Å².